The molecule has 0 unspecified atom stereocenters. The molecule has 5 rings (SSSR count). The summed E-state index contributed by atoms with van der Waals surface area (Å²) in [5.74, 6) is 3.25. The molecule has 0 amide bonds. The van der Waals surface area contributed by atoms with Crippen molar-refractivity contribution in [2.24, 2.45) is 23.2 Å². The van der Waals surface area contributed by atoms with Crippen LogP contribution in [0.1, 0.15) is 147 Å². The van der Waals surface area contributed by atoms with Crippen LogP contribution in [0.25, 0.3) is 22.3 Å². The van der Waals surface area contributed by atoms with Crippen LogP contribution in [-0.4, -0.2) is 42.6 Å². The summed E-state index contributed by atoms with van der Waals surface area (Å²) in [6.45, 7) is 12.1. The molecule has 0 saturated heterocycles. The van der Waals surface area contributed by atoms with Crippen LogP contribution in [0.3, 0.4) is 0 Å². The predicted octanol–water partition coefficient (Wildman–Crippen LogP) is 12.6. The van der Waals surface area contributed by atoms with E-state index in [4.69, 9.17) is 9.47 Å². The Kier molecular flexibility index (Phi) is 17.3. The number of benzene rings is 3. The number of aryl methyl sites for hydroxylation is 1. The number of ether oxygens (including phenoxy) is 2. The van der Waals surface area contributed by atoms with E-state index < -0.39 is 11.4 Å². The molecule has 2 N–H and O–H groups in total. The van der Waals surface area contributed by atoms with Gasteiger partial charge in [-0.3, -0.25) is 0 Å². The summed E-state index contributed by atoms with van der Waals surface area (Å²) in [5.41, 5.74) is 6.50. The van der Waals surface area contributed by atoms with Gasteiger partial charge in [0.1, 0.15) is 11.6 Å². The van der Waals surface area contributed by atoms with Crippen LogP contribution in [0, 0.1) is 29.0 Å². The molecule has 3 aromatic rings. The first-order chi connectivity index (χ1) is 27.6. The topological polar surface area (TPSA) is 76.0 Å². The molecule has 0 bridgehead atoms. The Labute approximate surface area is 343 Å². The zero-order chi connectivity index (χ0) is 40.8. The van der Waals surface area contributed by atoms with Gasteiger partial charge in [0, 0.05) is 23.0 Å². The van der Waals surface area contributed by atoms with Gasteiger partial charge >= 0.3 is 5.97 Å². The van der Waals surface area contributed by atoms with Crippen molar-refractivity contribution >= 4 is 5.97 Å². The van der Waals surface area contributed by atoms with Crippen molar-refractivity contribution in [2.45, 2.75) is 143 Å². The second-order valence-electron chi connectivity index (χ2n) is 17.5. The van der Waals surface area contributed by atoms with E-state index in [0.717, 1.165) is 64.0 Å². The largest absolute Gasteiger partial charge is 0.493 e. The molecule has 0 aliphatic heterocycles. The number of aliphatic hydroxyl groups is 2. The Bertz CT molecular complexity index is 1730. The zero-order valence-electron chi connectivity index (χ0n) is 35.6. The van der Waals surface area contributed by atoms with Gasteiger partial charge in [0.15, 0.2) is 0 Å². The van der Waals surface area contributed by atoms with Crippen molar-refractivity contribution < 1.29 is 28.9 Å². The van der Waals surface area contributed by atoms with Crippen molar-refractivity contribution in [1.29, 1.82) is 0 Å². The van der Waals surface area contributed by atoms with Gasteiger partial charge in [-0.1, -0.05) is 109 Å². The standard InChI is InChI=1S/C51H71FO5/c1-6-9-10-11-37-12-14-39(15-13-37)40-16-18-41(19-17-40)42-20-24-47(48(52)33-42)44-21-23-46(38(8-3)31-44)43-22-25-49(45(32-43)26-29-57-50(55)36(4)5)56-30-28-51(34-53,35-54)27-7-2/h20-25,31-33,37,39-41,53-54H,4,6-19,26-30,34-35H2,1-3,5H3. The maximum Gasteiger partial charge on any atom is 0.333 e. The summed E-state index contributed by atoms with van der Waals surface area (Å²) in [6, 6.07) is 18.3. The van der Waals surface area contributed by atoms with E-state index in [-0.39, 0.29) is 25.6 Å². The molecule has 2 fully saturated rings. The van der Waals surface area contributed by atoms with Crippen LogP contribution in [0.2, 0.25) is 0 Å². The lowest BCUT2D eigenvalue weighted by molar-refractivity contribution is -0.138. The summed E-state index contributed by atoms with van der Waals surface area (Å²) in [6.07, 6.45) is 19.4. The third-order valence-corrected chi connectivity index (χ3v) is 13.5. The quantitative estimate of drug-likeness (QED) is 0.0639. The Morgan fingerprint density at radius 2 is 1.42 bits per heavy atom. The summed E-state index contributed by atoms with van der Waals surface area (Å²) in [5, 5.41) is 20.1. The van der Waals surface area contributed by atoms with E-state index in [0.29, 0.717) is 48.7 Å². The minimum absolute atomic E-state index is 0.103. The van der Waals surface area contributed by atoms with Crippen LogP contribution in [0.5, 0.6) is 5.75 Å². The average Bonchev–Trinajstić information content (AvgIpc) is 3.23. The van der Waals surface area contributed by atoms with Gasteiger partial charge in [0.05, 0.1) is 26.4 Å². The Morgan fingerprint density at radius 3 is 2.05 bits per heavy atom. The molecular formula is C51H71FO5. The fourth-order valence-electron chi connectivity index (χ4n) is 9.77. The van der Waals surface area contributed by atoms with Gasteiger partial charge < -0.3 is 19.7 Å². The fraction of sp³-hybridized carbons (Fsp3) is 0.588. The second-order valence-corrected chi connectivity index (χ2v) is 17.5. The highest BCUT2D eigenvalue weighted by molar-refractivity contribution is 5.87. The molecule has 5 nitrogen and oxygen atoms in total. The smallest absolute Gasteiger partial charge is 0.333 e. The van der Waals surface area contributed by atoms with Crippen molar-refractivity contribution in [3.63, 3.8) is 0 Å². The number of hydrogen-bond acceptors (Lipinski definition) is 5. The zero-order valence-corrected chi connectivity index (χ0v) is 35.6. The number of carbonyl (C=O) groups is 1. The van der Waals surface area contributed by atoms with Crippen molar-refractivity contribution in [3.8, 4) is 28.0 Å². The summed E-state index contributed by atoms with van der Waals surface area (Å²) >= 11 is 0. The first-order valence-corrected chi connectivity index (χ1v) is 22.4. The van der Waals surface area contributed by atoms with Gasteiger partial charge in [-0.25, -0.2) is 9.18 Å². The van der Waals surface area contributed by atoms with Gasteiger partial charge in [0.2, 0.25) is 0 Å². The van der Waals surface area contributed by atoms with Gasteiger partial charge in [-0.15, -0.1) is 0 Å². The normalized spacial score (nSPS) is 20.0. The second kappa shape index (κ2) is 22.0. The number of carbonyl (C=O) groups excluding carboxylic acids is 1. The highest BCUT2D eigenvalue weighted by Crippen LogP contribution is 2.45. The number of esters is 1. The lowest BCUT2D eigenvalue weighted by atomic mass is 9.68. The van der Waals surface area contributed by atoms with Crippen molar-refractivity contribution in [1.82, 2.24) is 0 Å². The Hall–Kier alpha value is -3.48. The molecule has 312 valence electrons. The third kappa shape index (κ3) is 12.0. The van der Waals surface area contributed by atoms with Crippen molar-refractivity contribution in [3.05, 3.63) is 89.3 Å². The monoisotopic (exact) mass is 783 g/mol. The van der Waals surface area contributed by atoms with Gasteiger partial charge in [-0.2, -0.15) is 0 Å². The summed E-state index contributed by atoms with van der Waals surface area (Å²) in [4.78, 5) is 12.1. The molecule has 0 aromatic heterocycles. The van der Waals surface area contributed by atoms with Gasteiger partial charge in [-0.05, 0) is 140 Å². The molecule has 0 radical (unpaired) electrons. The molecule has 0 atom stereocenters. The molecular weight excluding hydrogens is 712 g/mol. The molecule has 2 aliphatic rings. The molecule has 0 spiro atoms. The van der Waals surface area contributed by atoms with E-state index in [2.05, 4.69) is 44.7 Å². The molecule has 2 saturated carbocycles. The number of rotatable bonds is 21. The lowest BCUT2D eigenvalue weighted by Gasteiger charge is -2.38. The van der Waals surface area contributed by atoms with Crippen LogP contribution < -0.4 is 4.74 Å². The van der Waals surface area contributed by atoms with Crippen LogP contribution in [-0.2, 0) is 22.4 Å². The predicted molar refractivity (Wildman–Crippen MR) is 232 cm³/mol. The summed E-state index contributed by atoms with van der Waals surface area (Å²) in [7, 11) is 0. The average molecular weight is 783 g/mol. The van der Waals surface area contributed by atoms with Crippen LogP contribution in [0.15, 0.2) is 66.7 Å². The van der Waals surface area contributed by atoms with Crippen LogP contribution >= 0.6 is 0 Å². The van der Waals surface area contributed by atoms with Crippen LogP contribution in [0.4, 0.5) is 4.39 Å². The highest BCUT2D eigenvalue weighted by atomic mass is 19.1. The van der Waals surface area contributed by atoms with E-state index in [1.165, 1.54) is 77.0 Å². The molecule has 2 aliphatic carbocycles. The Morgan fingerprint density at radius 1 is 0.772 bits per heavy atom. The molecule has 57 heavy (non-hydrogen) atoms. The lowest BCUT2D eigenvalue weighted by Crippen LogP contribution is -2.31. The Balaban J connectivity index is 1.26. The van der Waals surface area contributed by atoms with E-state index in [1.54, 1.807) is 13.0 Å². The third-order valence-electron chi connectivity index (χ3n) is 13.5. The highest BCUT2D eigenvalue weighted by Gasteiger charge is 2.32. The number of halogens is 1. The SMILES string of the molecule is C=C(C)C(=O)OCCc1cc(-c2ccc(-c3ccc(C4CCC(C5CCC(CCCCC)CC5)CC4)cc3F)cc2CC)ccc1OCCC(CO)(CO)CCC. The fourth-order valence-corrected chi connectivity index (χ4v) is 9.77. The first kappa shape index (κ1) is 44.6. The van der Waals surface area contributed by atoms with E-state index in [9.17, 15) is 15.0 Å². The number of aliphatic hydroxyl groups excluding tert-OH is 2. The molecule has 6 heteroatoms. The van der Waals surface area contributed by atoms with Crippen molar-refractivity contribution in [2.75, 3.05) is 26.4 Å². The van der Waals surface area contributed by atoms with E-state index in [1.807, 2.05) is 31.2 Å². The minimum Gasteiger partial charge on any atom is -0.493 e. The maximum atomic E-state index is 16.0. The molecule has 3 aromatic carbocycles. The van der Waals surface area contributed by atoms with E-state index >= 15 is 4.39 Å². The minimum atomic E-state index is -0.588. The maximum absolute atomic E-state index is 16.0. The number of hydrogen-bond donors (Lipinski definition) is 2. The first-order valence-electron chi connectivity index (χ1n) is 22.4. The summed E-state index contributed by atoms with van der Waals surface area (Å²) < 4.78 is 27.7. The van der Waals surface area contributed by atoms with Gasteiger partial charge in [0.25, 0.3) is 0 Å². The number of unbranched alkanes of at least 4 members (excludes halogenated alkanes) is 2. The molecule has 0 heterocycles.